The minimum absolute atomic E-state index is 0. The molecule has 0 radical (unpaired) electrons. The first-order valence-electron chi connectivity index (χ1n) is 4.15. The van der Waals surface area contributed by atoms with E-state index in [0.29, 0.717) is 10.8 Å². The topological polar surface area (TPSA) is 31.5 Å². The van der Waals surface area contributed by atoms with E-state index in [-0.39, 0.29) is 5.48 Å². The van der Waals surface area contributed by atoms with Crippen LogP contribution in [0.2, 0.25) is 0 Å². The molecule has 0 aliphatic heterocycles. The van der Waals surface area contributed by atoms with Gasteiger partial charge in [0, 0.05) is 0 Å². The highest BCUT2D eigenvalue weighted by Crippen LogP contribution is 2.38. The normalized spacial score (nSPS) is 13.1. The van der Waals surface area contributed by atoms with Gasteiger partial charge >= 0.3 is 0 Å². The van der Waals surface area contributed by atoms with E-state index in [1.807, 2.05) is 0 Å². The molecule has 0 spiro atoms. The molecule has 0 amide bonds. The molecule has 0 aliphatic carbocycles. The summed E-state index contributed by atoms with van der Waals surface area (Å²) in [6.07, 6.45) is 0. The van der Waals surface area contributed by atoms with E-state index in [4.69, 9.17) is 0 Å². The van der Waals surface area contributed by atoms with Crippen molar-refractivity contribution < 1.29 is 5.48 Å². The fraction of sp³-hybridized carbons (Fsp3) is 1.00. The van der Waals surface area contributed by atoms with Crippen molar-refractivity contribution in [1.29, 1.82) is 0 Å². The lowest BCUT2D eigenvalue weighted by Gasteiger charge is -2.38. The van der Waals surface area contributed by atoms with Crippen molar-refractivity contribution in [2.75, 3.05) is 0 Å². The molecule has 70 valence electrons. The van der Waals surface area contributed by atoms with E-state index in [1.54, 1.807) is 0 Å². The molecular weight excluding hydrogens is 136 g/mol. The minimum atomic E-state index is 0. The van der Waals surface area contributed by atoms with Crippen LogP contribution in [0.4, 0.5) is 0 Å². The second-order valence-electron chi connectivity index (χ2n) is 5.45. The molecule has 0 aliphatic rings. The van der Waals surface area contributed by atoms with E-state index in [2.05, 4.69) is 48.5 Å². The Morgan fingerprint density at radius 2 is 0.909 bits per heavy atom. The van der Waals surface area contributed by atoms with Gasteiger partial charge in [0.05, 0.1) is 0 Å². The Kier molecular flexibility index (Phi) is 4.40. The third-order valence-corrected chi connectivity index (χ3v) is 2.60. The average Bonchev–Trinajstić information content (AvgIpc) is 1.59. The zero-order valence-electron chi connectivity index (χ0n) is 9.08. The monoisotopic (exact) mass is 160 g/mol. The lowest BCUT2D eigenvalue weighted by atomic mass is 9.68. The lowest BCUT2D eigenvalue weighted by Crippen LogP contribution is -2.29. The zero-order valence-corrected chi connectivity index (χ0v) is 9.08. The summed E-state index contributed by atoms with van der Waals surface area (Å²) in [4.78, 5) is 0. The molecule has 1 heteroatoms. The van der Waals surface area contributed by atoms with Gasteiger partial charge in [0.15, 0.2) is 0 Å². The molecule has 0 aromatic heterocycles. The molecule has 0 bridgehead atoms. The molecule has 0 saturated carbocycles. The molecule has 2 N–H and O–H groups in total. The predicted molar refractivity (Wildman–Crippen MR) is 51.7 cm³/mol. The Morgan fingerprint density at radius 1 is 0.727 bits per heavy atom. The van der Waals surface area contributed by atoms with Crippen LogP contribution in [0.15, 0.2) is 0 Å². The van der Waals surface area contributed by atoms with Gasteiger partial charge < -0.3 is 5.48 Å². The van der Waals surface area contributed by atoms with Crippen LogP contribution in [0.5, 0.6) is 0 Å². The highest BCUT2D eigenvalue weighted by Gasteiger charge is 2.30. The van der Waals surface area contributed by atoms with Gasteiger partial charge in [0.2, 0.25) is 0 Å². The molecule has 0 aromatic carbocycles. The molecule has 0 fully saturated rings. The highest BCUT2D eigenvalue weighted by molar-refractivity contribution is 4.79. The first-order valence-corrected chi connectivity index (χ1v) is 4.15. The summed E-state index contributed by atoms with van der Waals surface area (Å²) >= 11 is 0. The second kappa shape index (κ2) is 3.57. The Labute approximate surface area is 71.5 Å². The highest BCUT2D eigenvalue weighted by atomic mass is 16.0. The molecule has 0 saturated heterocycles. The first-order chi connectivity index (χ1) is 4.15. The van der Waals surface area contributed by atoms with Crippen molar-refractivity contribution in [1.82, 2.24) is 0 Å². The SMILES string of the molecule is CC(C(C)(C)C)C(C)(C)C.O. The fourth-order valence-corrected chi connectivity index (χ4v) is 1.30. The summed E-state index contributed by atoms with van der Waals surface area (Å²) in [6, 6.07) is 0. The van der Waals surface area contributed by atoms with Crippen molar-refractivity contribution in [2.24, 2.45) is 16.7 Å². The average molecular weight is 160 g/mol. The van der Waals surface area contributed by atoms with Crippen LogP contribution in [-0.4, -0.2) is 5.48 Å². The van der Waals surface area contributed by atoms with Crippen LogP contribution in [0.25, 0.3) is 0 Å². The van der Waals surface area contributed by atoms with Crippen molar-refractivity contribution in [3.05, 3.63) is 0 Å². The van der Waals surface area contributed by atoms with Gasteiger partial charge in [-0.25, -0.2) is 0 Å². The summed E-state index contributed by atoms with van der Waals surface area (Å²) in [6.45, 7) is 16.2. The van der Waals surface area contributed by atoms with Crippen LogP contribution in [0.3, 0.4) is 0 Å². The van der Waals surface area contributed by atoms with Gasteiger partial charge in [0.1, 0.15) is 0 Å². The molecular formula is C10H24O. The van der Waals surface area contributed by atoms with Gasteiger partial charge in [-0.3, -0.25) is 0 Å². The van der Waals surface area contributed by atoms with Gasteiger partial charge in [0.25, 0.3) is 0 Å². The smallest absolute Gasteiger partial charge is 0.0345 e. The zero-order chi connectivity index (χ0) is 8.58. The number of rotatable bonds is 0. The summed E-state index contributed by atoms with van der Waals surface area (Å²) in [5, 5.41) is 0. The summed E-state index contributed by atoms with van der Waals surface area (Å²) in [7, 11) is 0. The minimum Gasteiger partial charge on any atom is -0.412 e. The maximum Gasteiger partial charge on any atom is -0.0345 e. The maximum absolute atomic E-state index is 2.33. The quantitative estimate of drug-likeness (QED) is 0.522. The largest absolute Gasteiger partial charge is 0.412 e. The van der Waals surface area contributed by atoms with Gasteiger partial charge in [-0.2, -0.15) is 0 Å². The predicted octanol–water partition coefficient (Wildman–Crippen LogP) is 2.89. The van der Waals surface area contributed by atoms with E-state index >= 15 is 0 Å². The summed E-state index contributed by atoms with van der Waals surface area (Å²) < 4.78 is 0. The van der Waals surface area contributed by atoms with Crippen LogP contribution >= 0.6 is 0 Å². The molecule has 11 heavy (non-hydrogen) atoms. The van der Waals surface area contributed by atoms with Crippen LogP contribution < -0.4 is 0 Å². The molecule has 0 rings (SSSR count). The molecule has 0 unspecified atom stereocenters. The number of hydrogen-bond donors (Lipinski definition) is 0. The van der Waals surface area contributed by atoms with Crippen LogP contribution in [0.1, 0.15) is 48.5 Å². The standard InChI is InChI=1S/C10H22.H2O/c1-8(9(2,3)4)10(5,6)7;/h8H,1-7H3;1H2. The maximum atomic E-state index is 2.33. The van der Waals surface area contributed by atoms with E-state index in [9.17, 15) is 0 Å². The lowest BCUT2D eigenvalue weighted by molar-refractivity contribution is 0.121. The third kappa shape index (κ3) is 4.41. The van der Waals surface area contributed by atoms with Gasteiger partial charge in [-0.15, -0.1) is 0 Å². The van der Waals surface area contributed by atoms with Crippen molar-refractivity contribution >= 4 is 0 Å². The Morgan fingerprint density at radius 3 is 0.909 bits per heavy atom. The van der Waals surface area contributed by atoms with Crippen molar-refractivity contribution in [3.8, 4) is 0 Å². The Hall–Kier alpha value is -0.0400. The molecule has 0 aromatic rings. The second-order valence-corrected chi connectivity index (χ2v) is 5.45. The molecule has 0 atom stereocenters. The van der Waals surface area contributed by atoms with Crippen LogP contribution in [0, 0.1) is 16.7 Å². The number of hydrogen-bond acceptors (Lipinski definition) is 0. The van der Waals surface area contributed by atoms with Gasteiger partial charge in [-0.05, 0) is 16.7 Å². The van der Waals surface area contributed by atoms with Crippen molar-refractivity contribution in [3.63, 3.8) is 0 Å². The summed E-state index contributed by atoms with van der Waals surface area (Å²) in [5.74, 6) is 0.764. The first kappa shape index (κ1) is 13.5. The van der Waals surface area contributed by atoms with Crippen LogP contribution in [-0.2, 0) is 0 Å². The van der Waals surface area contributed by atoms with E-state index in [0.717, 1.165) is 5.92 Å². The van der Waals surface area contributed by atoms with Crippen molar-refractivity contribution in [2.45, 2.75) is 48.5 Å². The van der Waals surface area contributed by atoms with E-state index < -0.39 is 0 Å². The van der Waals surface area contributed by atoms with Gasteiger partial charge in [-0.1, -0.05) is 48.5 Å². The Bertz CT molecular complexity index is 89.0. The third-order valence-electron chi connectivity index (χ3n) is 2.60. The summed E-state index contributed by atoms with van der Waals surface area (Å²) in [5.41, 5.74) is 0.885. The molecule has 1 nitrogen and oxygen atoms in total. The fourth-order valence-electron chi connectivity index (χ4n) is 1.30. The Balaban J connectivity index is 0. The van der Waals surface area contributed by atoms with E-state index in [1.165, 1.54) is 0 Å². The molecule has 0 heterocycles.